The van der Waals surface area contributed by atoms with Crippen LogP contribution in [0.5, 0.6) is 0 Å². The van der Waals surface area contributed by atoms with E-state index in [9.17, 15) is 9.90 Å². The van der Waals surface area contributed by atoms with Crippen LogP contribution in [0.25, 0.3) is 0 Å². The topological polar surface area (TPSA) is 65.4 Å². The Morgan fingerprint density at radius 3 is 2.34 bits per heavy atom. The predicted octanol–water partition coefficient (Wildman–Crippen LogP) is 1.16. The highest BCUT2D eigenvalue weighted by molar-refractivity contribution is 8.14. The van der Waals surface area contributed by atoms with E-state index < -0.39 is 17.9 Å². The van der Waals surface area contributed by atoms with Gasteiger partial charge >= 0.3 is 5.97 Å². The van der Waals surface area contributed by atoms with Crippen LogP contribution in [0.4, 0.5) is 5.69 Å². The molecule has 2 aliphatic heterocycles. The van der Waals surface area contributed by atoms with Crippen molar-refractivity contribution in [3.63, 3.8) is 0 Å². The number of methoxy groups -OCH3 is 1. The number of nitrogens with zero attached hydrogens (tertiary/aromatic N) is 3. The molecule has 0 bridgehead atoms. The average molecular weight is 473 g/mol. The first kappa shape index (κ1) is 24.2. The van der Waals surface area contributed by atoms with Crippen LogP contribution in [0.15, 0.2) is 76.9 Å². The van der Waals surface area contributed by atoms with Gasteiger partial charge in [0, 0.05) is 11.7 Å². The second-order valence-corrected chi connectivity index (χ2v) is 8.87. The first-order chi connectivity index (χ1) is 14.9. The number of halogens is 1. The molecule has 8 heteroatoms. The molecule has 2 aromatic carbocycles. The zero-order valence-corrected chi connectivity index (χ0v) is 20.1. The van der Waals surface area contributed by atoms with Gasteiger partial charge < -0.3 is 27.2 Å². The number of rotatable bonds is 5. The lowest BCUT2D eigenvalue weighted by Gasteiger charge is -2.50. The summed E-state index contributed by atoms with van der Waals surface area (Å²) in [7, 11) is 1.37. The van der Waals surface area contributed by atoms with Crippen molar-refractivity contribution >= 4 is 28.6 Å². The summed E-state index contributed by atoms with van der Waals surface area (Å²) < 4.78 is 5.13. The van der Waals surface area contributed by atoms with Gasteiger partial charge in [-0.1, -0.05) is 60.3 Å². The number of allylic oxidation sites excluding steroid dienone is 1. The van der Waals surface area contributed by atoms with E-state index >= 15 is 0 Å². The zero-order chi connectivity index (χ0) is 22.2. The van der Waals surface area contributed by atoms with Gasteiger partial charge in [0.1, 0.15) is 0 Å². The number of carbonyl (C=O) groups excluding carboxylic acids is 1. The van der Waals surface area contributed by atoms with Gasteiger partial charge in [0.2, 0.25) is 5.85 Å². The van der Waals surface area contributed by atoms with Crippen molar-refractivity contribution in [2.24, 2.45) is 4.99 Å². The largest absolute Gasteiger partial charge is 1.00 e. The highest BCUT2D eigenvalue weighted by Gasteiger charge is 2.55. The Morgan fingerprint density at radius 2 is 1.78 bits per heavy atom. The number of aliphatic imine (C=N–C) groups is 1. The van der Waals surface area contributed by atoms with Gasteiger partial charge in [-0.3, -0.25) is 4.90 Å². The van der Waals surface area contributed by atoms with Crippen LogP contribution in [0, 0.1) is 0 Å². The Balaban J connectivity index is 0.00000289. The SMILES string of the molecule is COC(=O)C1=C(C)N=C2SCC(O)(N(c3ccccc3)C(C)C)N2C1c1ccccc1.[Cl-]. The second-order valence-electron chi connectivity index (χ2n) is 7.93. The highest BCUT2D eigenvalue weighted by atomic mass is 35.5. The third kappa shape index (κ3) is 4.00. The van der Waals surface area contributed by atoms with Crippen molar-refractivity contribution < 1.29 is 27.0 Å². The minimum Gasteiger partial charge on any atom is -1.00 e. The number of carbonyl (C=O) groups is 1. The van der Waals surface area contributed by atoms with Crippen molar-refractivity contribution in [3.8, 4) is 0 Å². The molecule has 2 heterocycles. The number of benzene rings is 2. The molecule has 1 saturated heterocycles. The van der Waals surface area contributed by atoms with Crippen LogP contribution < -0.4 is 17.3 Å². The molecular formula is C24H27ClN3O3S-. The van der Waals surface area contributed by atoms with E-state index in [0.29, 0.717) is 22.2 Å². The number of ether oxygens (including phenoxy) is 1. The molecule has 2 atom stereocenters. The van der Waals surface area contributed by atoms with Crippen LogP contribution in [-0.2, 0) is 9.53 Å². The van der Waals surface area contributed by atoms with Crippen LogP contribution in [-0.4, -0.2) is 45.9 Å². The summed E-state index contributed by atoms with van der Waals surface area (Å²) in [5.74, 6) is -1.44. The molecule has 2 aliphatic rings. The monoisotopic (exact) mass is 472 g/mol. The van der Waals surface area contributed by atoms with Crippen LogP contribution in [0.2, 0.25) is 0 Å². The molecule has 1 fully saturated rings. The third-order valence-corrected chi connectivity index (χ3v) is 6.71. The summed E-state index contributed by atoms with van der Waals surface area (Å²) in [6.45, 7) is 5.92. The van der Waals surface area contributed by atoms with E-state index in [1.807, 2.05) is 77.4 Å². The molecule has 6 nitrogen and oxygen atoms in total. The van der Waals surface area contributed by atoms with E-state index in [1.165, 1.54) is 18.9 Å². The molecule has 4 rings (SSSR count). The normalized spacial score (nSPS) is 22.2. The van der Waals surface area contributed by atoms with Crippen LogP contribution in [0.1, 0.15) is 32.4 Å². The summed E-state index contributed by atoms with van der Waals surface area (Å²) in [5, 5.41) is 12.9. The maximum absolute atomic E-state index is 12.9. The maximum atomic E-state index is 12.9. The number of hydrogen-bond donors (Lipinski definition) is 1. The first-order valence-corrected chi connectivity index (χ1v) is 11.3. The van der Waals surface area contributed by atoms with Crippen molar-refractivity contribution in [2.75, 3.05) is 17.8 Å². The molecule has 0 saturated carbocycles. The summed E-state index contributed by atoms with van der Waals surface area (Å²) >= 11 is 1.50. The summed E-state index contributed by atoms with van der Waals surface area (Å²) in [6.07, 6.45) is 0. The standard InChI is InChI=1S/C24H27N3O3S.ClH/c1-16(2)26(19-13-9-6-10-14-19)24(29)15-31-23-25-17(3)20(22(28)30-4)21(27(23)24)18-11-7-5-8-12-18;/h5-14,16,21,29H,15H2,1-4H3;1H/p-1. The van der Waals surface area contributed by atoms with Crippen molar-refractivity contribution in [1.82, 2.24) is 4.90 Å². The van der Waals surface area contributed by atoms with E-state index in [4.69, 9.17) is 9.73 Å². The predicted molar refractivity (Wildman–Crippen MR) is 125 cm³/mol. The molecule has 2 aromatic rings. The molecule has 32 heavy (non-hydrogen) atoms. The number of para-hydroxylation sites is 1. The number of amidine groups is 1. The molecule has 2 unspecified atom stereocenters. The summed E-state index contributed by atoms with van der Waals surface area (Å²) in [4.78, 5) is 21.4. The fourth-order valence-corrected chi connectivity index (χ4v) is 5.59. The quantitative estimate of drug-likeness (QED) is 0.520. The van der Waals surface area contributed by atoms with Gasteiger partial charge in [0.05, 0.1) is 30.2 Å². The second kappa shape index (κ2) is 9.57. The number of thioether (sulfide) groups is 1. The van der Waals surface area contributed by atoms with Gasteiger partial charge in [-0.15, -0.1) is 0 Å². The molecule has 0 spiro atoms. The van der Waals surface area contributed by atoms with Gasteiger partial charge in [-0.05, 0) is 38.5 Å². The fraction of sp³-hybridized carbons (Fsp3) is 0.333. The highest BCUT2D eigenvalue weighted by Crippen LogP contribution is 2.48. The molecule has 0 radical (unpaired) electrons. The lowest BCUT2D eigenvalue weighted by molar-refractivity contribution is -0.138. The Bertz CT molecular complexity index is 1030. The Labute approximate surface area is 199 Å². The third-order valence-electron chi connectivity index (χ3n) is 5.63. The Morgan fingerprint density at radius 1 is 1.19 bits per heavy atom. The van der Waals surface area contributed by atoms with Gasteiger partial charge in [-0.25, -0.2) is 9.79 Å². The number of anilines is 1. The average Bonchev–Trinajstić information content (AvgIpc) is 3.09. The lowest BCUT2D eigenvalue weighted by atomic mass is 9.93. The number of hydrogen-bond acceptors (Lipinski definition) is 7. The van der Waals surface area contributed by atoms with E-state index in [2.05, 4.69) is 13.8 Å². The minimum absolute atomic E-state index is 0. The number of aliphatic hydroxyl groups is 1. The molecule has 170 valence electrons. The van der Waals surface area contributed by atoms with Crippen LogP contribution >= 0.6 is 11.8 Å². The van der Waals surface area contributed by atoms with E-state index in [1.54, 1.807) is 0 Å². The first-order valence-electron chi connectivity index (χ1n) is 10.3. The van der Waals surface area contributed by atoms with E-state index in [-0.39, 0.29) is 18.4 Å². The molecule has 0 amide bonds. The lowest BCUT2D eigenvalue weighted by Crippen LogP contribution is -3.00. The Kier molecular flexibility index (Phi) is 7.22. The zero-order valence-electron chi connectivity index (χ0n) is 18.5. The Hall–Kier alpha value is -2.48. The van der Waals surface area contributed by atoms with Gasteiger partial charge in [0.15, 0.2) is 5.17 Å². The van der Waals surface area contributed by atoms with Crippen molar-refractivity contribution in [2.45, 2.75) is 38.7 Å². The minimum atomic E-state index is -1.39. The maximum Gasteiger partial charge on any atom is 0.338 e. The smallest absolute Gasteiger partial charge is 0.338 e. The molecule has 0 aliphatic carbocycles. The van der Waals surface area contributed by atoms with Gasteiger partial charge in [-0.2, -0.15) is 0 Å². The van der Waals surface area contributed by atoms with E-state index in [0.717, 1.165) is 11.3 Å². The van der Waals surface area contributed by atoms with Gasteiger partial charge in [0.25, 0.3) is 0 Å². The fourth-order valence-electron chi connectivity index (χ4n) is 4.40. The number of fused-ring (bicyclic) bond motifs is 1. The molecule has 0 aromatic heterocycles. The molecular weight excluding hydrogens is 446 g/mol. The number of esters is 1. The summed E-state index contributed by atoms with van der Waals surface area (Å²) in [6, 6.07) is 19.1. The summed E-state index contributed by atoms with van der Waals surface area (Å²) in [5.41, 5.74) is 2.85. The van der Waals surface area contributed by atoms with Crippen molar-refractivity contribution in [3.05, 3.63) is 77.5 Å². The molecule has 1 N–H and O–H groups in total. The van der Waals surface area contributed by atoms with Crippen LogP contribution in [0.3, 0.4) is 0 Å². The van der Waals surface area contributed by atoms with Crippen molar-refractivity contribution in [1.29, 1.82) is 0 Å².